The number of hydrogen-bond acceptors (Lipinski definition) is 6. The van der Waals surface area contributed by atoms with Crippen LogP contribution < -0.4 is 4.74 Å². The van der Waals surface area contributed by atoms with Crippen LogP contribution in [0.25, 0.3) is 11.4 Å². The molecule has 1 fully saturated rings. The van der Waals surface area contributed by atoms with Gasteiger partial charge in [-0.2, -0.15) is 4.98 Å². The Labute approximate surface area is 139 Å². The van der Waals surface area contributed by atoms with Crippen molar-refractivity contribution < 1.29 is 19.4 Å². The minimum absolute atomic E-state index is 0.186. The number of carbonyl (C=O) groups is 1. The van der Waals surface area contributed by atoms with Crippen molar-refractivity contribution in [3.63, 3.8) is 0 Å². The molecule has 24 heavy (non-hydrogen) atoms. The van der Waals surface area contributed by atoms with Gasteiger partial charge < -0.3 is 19.5 Å². The lowest BCUT2D eigenvalue weighted by Gasteiger charge is -2.25. The fraction of sp³-hybridized carbons (Fsp3) is 0.438. The van der Waals surface area contributed by atoms with E-state index in [2.05, 4.69) is 10.1 Å². The van der Waals surface area contributed by atoms with Gasteiger partial charge in [-0.1, -0.05) is 12.1 Å². The number of aryl methyl sites for hydroxylation is 1. The molecule has 0 bridgehead atoms. The highest BCUT2D eigenvalue weighted by atomic mass is 16.5. The maximum absolute atomic E-state index is 12.7. The monoisotopic (exact) mass is 332 g/mol. The lowest BCUT2D eigenvalue weighted by atomic mass is 10.1. The first-order valence-electron chi connectivity index (χ1n) is 7.59. The quantitative estimate of drug-likeness (QED) is 0.867. The molecule has 2 aromatic rings. The third-order valence-electron chi connectivity index (χ3n) is 4.11. The number of hydrogen-bond donors (Lipinski definition) is 1. The molecule has 1 aromatic heterocycles. The van der Waals surface area contributed by atoms with Gasteiger partial charge in [0.25, 0.3) is 5.91 Å². The summed E-state index contributed by atoms with van der Waals surface area (Å²) < 4.78 is 11.9. The van der Waals surface area contributed by atoms with E-state index in [-0.39, 0.29) is 18.6 Å². The number of rotatable bonds is 4. The molecule has 3 rings (SSSR count). The van der Waals surface area contributed by atoms with Crippen LogP contribution in [-0.2, 0) is 11.8 Å². The van der Waals surface area contributed by atoms with E-state index >= 15 is 0 Å². The van der Waals surface area contributed by atoms with Gasteiger partial charge >= 0.3 is 6.01 Å². The average Bonchev–Trinajstić information content (AvgIpc) is 3.19. The van der Waals surface area contributed by atoms with Gasteiger partial charge in [0.05, 0.1) is 32.5 Å². The van der Waals surface area contributed by atoms with Crippen molar-refractivity contribution in [3.8, 4) is 17.4 Å². The predicted octanol–water partition coefficient (Wildman–Crippen LogP) is 0.322. The molecule has 0 spiro atoms. The first-order chi connectivity index (χ1) is 11.5. The van der Waals surface area contributed by atoms with Crippen LogP contribution in [0.2, 0.25) is 0 Å². The van der Waals surface area contributed by atoms with Gasteiger partial charge in [-0.3, -0.25) is 4.79 Å². The van der Waals surface area contributed by atoms with Crippen molar-refractivity contribution in [2.24, 2.45) is 7.05 Å². The second-order valence-electron chi connectivity index (χ2n) is 5.71. The van der Waals surface area contributed by atoms with Gasteiger partial charge in [-0.05, 0) is 12.1 Å². The third-order valence-corrected chi connectivity index (χ3v) is 4.11. The first-order valence-corrected chi connectivity index (χ1v) is 7.59. The summed E-state index contributed by atoms with van der Waals surface area (Å²) in [6, 6.07) is 7.12. The SMILES string of the molecule is COc1nc(-c2cccc(C(=O)N(C)[C@H]3COC[C@@H]3O)c2)nn1C. The standard InChI is InChI=1S/C16H20N4O4/c1-19(12-8-24-9-13(12)21)15(22)11-6-4-5-10(7-11)14-17-16(23-3)20(2)18-14/h4-7,12-13,21H,8-9H2,1-3H3/t12-,13-/m0/s1. The van der Waals surface area contributed by atoms with Crippen LogP contribution in [0, 0.1) is 0 Å². The largest absolute Gasteiger partial charge is 0.467 e. The summed E-state index contributed by atoms with van der Waals surface area (Å²) in [5.41, 5.74) is 1.22. The molecule has 0 radical (unpaired) electrons. The molecule has 0 aliphatic carbocycles. The Morgan fingerprint density at radius 1 is 1.46 bits per heavy atom. The van der Waals surface area contributed by atoms with Crippen LogP contribution in [0.5, 0.6) is 6.01 Å². The summed E-state index contributed by atoms with van der Waals surface area (Å²) >= 11 is 0. The molecular formula is C16H20N4O4. The third kappa shape index (κ3) is 2.98. The van der Waals surface area contributed by atoms with E-state index in [4.69, 9.17) is 9.47 Å². The van der Waals surface area contributed by atoms with Crippen molar-refractivity contribution in [2.45, 2.75) is 12.1 Å². The maximum Gasteiger partial charge on any atom is 0.314 e. The highest BCUT2D eigenvalue weighted by Gasteiger charge is 2.32. The van der Waals surface area contributed by atoms with Crippen LogP contribution in [0.3, 0.4) is 0 Å². The Bertz CT molecular complexity index is 745. The summed E-state index contributed by atoms with van der Waals surface area (Å²) in [5, 5.41) is 14.2. The summed E-state index contributed by atoms with van der Waals surface area (Å²) in [5.74, 6) is 0.296. The van der Waals surface area contributed by atoms with Crippen molar-refractivity contribution >= 4 is 5.91 Å². The van der Waals surface area contributed by atoms with Crippen molar-refractivity contribution in [2.75, 3.05) is 27.4 Å². The second-order valence-corrected chi connectivity index (χ2v) is 5.71. The number of carbonyl (C=O) groups excluding carboxylic acids is 1. The zero-order valence-electron chi connectivity index (χ0n) is 13.8. The summed E-state index contributed by atoms with van der Waals surface area (Å²) in [6.45, 7) is 0.585. The minimum Gasteiger partial charge on any atom is -0.467 e. The predicted molar refractivity (Wildman–Crippen MR) is 85.7 cm³/mol. The number of nitrogens with zero attached hydrogens (tertiary/aromatic N) is 4. The van der Waals surface area contributed by atoms with Crippen LogP contribution in [0.15, 0.2) is 24.3 Å². The fourth-order valence-electron chi connectivity index (χ4n) is 2.72. The minimum atomic E-state index is -0.663. The molecule has 1 aromatic carbocycles. The molecule has 8 nitrogen and oxygen atoms in total. The summed E-state index contributed by atoms with van der Waals surface area (Å²) in [7, 11) is 4.93. The van der Waals surface area contributed by atoms with E-state index in [1.54, 1.807) is 32.3 Å². The van der Waals surface area contributed by atoms with E-state index in [1.165, 1.54) is 16.7 Å². The van der Waals surface area contributed by atoms with E-state index in [0.29, 0.717) is 24.0 Å². The van der Waals surface area contributed by atoms with Crippen LogP contribution in [0.4, 0.5) is 0 Å². The molecule has 1 N–H and O–H groups in total. The molecule has 2 atom stereocenters. The molecule has 0 saturated carbocycles. The number of aliphatic hydroxyl groups excluding tert-OH is 1. The Hall–Kier alpha value is -2.45. The van der Waals surface area contributed by atoms with Gasteiger partial charge in [-0.15, -0.1) is 5.10 Å². The van der Waals surface area contributed by atoms with E-state index in [0.717, 1.165) is 5.56 Å². The van der Waals surface area contributed by atoms with Crippen molar-refractivity contribution in [3.05, 3.63) is 29.8 Å². The average molecular weight is 332 g/mol. The zero-order chi connectivity index (χ0) is 17.3. The molecule has 8 heteroatoms. The van der Waals surface area contributed by atoms with Gasteiger partial charge in [0.1, 0.15) is 0 Å². The zero-order valence-corrected chi connectivity index (χ0v) is 13.8. The number of likely N-dealkylation sites (N-methyl/N-ethyl adjacent to an activating group) is 1. The number of aliphatic hydroxyl groups is 1. The van der Waals surface area contributed by atoms with E-state index in [9.17, 15) is 9.90 Å². The smallest absolute Gasteiger partial charge is 0.314 e. The fourth-order valence-corrected chi connectivity index (χ4v) is 2.72. The van der Waals surface area contributed by atoms with Gasteiger partial charge in [0, 0.05) is 25.2 Å². The van der Waals surface area contributed by atoms with Crippen LogP contribution >= 0.6 is 0 Å². The molecular weight excluding hydrogens is 312 g/mol. The topological polar surface area (TPSA) is 89.7 Å². The maximum atomic E-state index is 12.7. The number of aromatic nitrogens is 3. The second kappa shape index (κ2) is 6.58. The number of amides is 1. The van der Waals surface area contributed by atoms with Gasteiger partial charge in [0.2, 0.25) is 0 Å². The van der Waals surface area contributed by atoms with Gasteiger partial charge in [0.15, 0.2) is 5.82 Å². The lowest BCUT2D eigenvalue weighted by Crippen LogP contribution is -2.44. The van der Waals surface area contributed by atoms with E-state index in [1.807, 2.05) is 6.07 Å². The van der Waals surface area contributed by atoms with Crippen LogP contribution in [0.1, 0.15) is 10.4 Å². The van der Waals surface area contributed by atoms with Crippen molar-refractivity contribution in [1.29, 1.82) is 0 Å². The molecule has 1 aliphatic heterocycles. The Balaban J connectivity index is 1.85. The number of methoxy groups -OCH3 is 1. The first kappa shape index (κ1) is 16.4. The molecule has 128 valence electrons. The summed E-state index contributed by atoms with van der Waals surface area (Å²) in [4.78, 5) is 18.5. The van der Waals surface area contributed by atoms with Gasteiger partial charge in [-0.25, -0.2) is 4.68 Å². The molecule has 1 amide bonds. The molecule has 1 saturated heterocycles. The van der Waals surface area contributed by atoms with Crippen LogP contribution in [-0.4, -0.2) is 70.2 Å². The molecule has 0 unspecified atom stereocenters. The highest BCUT2D eigenvalue weighted by molar-refractivity contribution is 5.95. The lowest BCUT2D eigenvalue weighted by molar-refractivity contribution is 0.0581. The van der Waals surface area contributed by atoms with E-state index < -0.39 is 6.10 Å². The number of benzene rings is 1. The Morgan fingerprint density at radius 2 is 2.25 bits per heavy atom. The molecule has 1 aliphatic rings. The normalized spacial score (nSPS) is 20.2. The molecule has 2 heterocycles. The number of ether oxygens (including phenoxy) is 2. The summed E-state index contributed by atoms with van der Waals surface area (Å²) in [6.07, 6.45) is -0.663. The Morgan fingerprint density at radius 3 is 2.88 bits per heavy atom. The van der Waals surface area contributed by atoms with Crippen molar-refractivity contribution in [1.82, 2.24) is 19.7 Å². The Kier molecular flexibility index (Phi) is 4.50. The highest BCUT2D eigenvalue weighted by Crippen LogP contribution is 2.21.